The Bertz CT molecular complexity index is 2220. The maximum absolute atomic E-state index is 15.4. The zero-order valence-electron chi connectivity index (χ0n) is 33.0. The summed E-state index contributed by atoms with van der Waals surface area (Å²) in [4.78, 5) is 53.6. The predicted octanol–water partition coefficient (Wildman–Crippen LogP) is 7.89. The van der Waals surface area contributed by atoms with Crippen molar-refractivity contribution < 1.29 is 18.7 Å². The van der Waals surface area contributed by atoms with Crippen LogP contribution in [-0.4, -0.2) is 45.2 Å². The molecule has 2 aromatic carbocycles. The minimum absolute atomic E-state index is 0.00671. The molecule has 1 aliphatic heterocycles. The average molecular weight is 775 g/mol. The quantitative estimate of drug-likeness (QED) is 0.150. The second kappa shape index (κ2) is 17.2. The molecular formula is C42H52ClFN6O5. The number of carbonyl (C=O) groups is 2. The van der Waals surface area contributed by atoms with Gasteiger partial charge >= 0.3 is 11.7 Å². The molecule has 3 amide bonds. The summed E-state index contributed by atoms with van der Waals surface area (Å²) in [6, 6.07) is 9.96. The maximum Gasteiger partial charge on any atom is 0.330 e. The Balaban J connectivity index is 0.000000325. The van der Waals surface area contributed by atoms with Gasteiger partial charge in [0.15, 0.2) is 0 Å². The van der Waals surface area contributed by atoms with Crippen LogP contribution in [0.3, 0.4) is 0 Å². The van der Waals surface area contributed by atoms with E-state index in [1.165, 1.54) is 39.2 Å². The Hall–Kier alpha value is -4.97. The number of fused-ring (bicyclic) bond motifs is 1. The number of aryl methyl sites for hydroxylation is 2. The topological polar surface area (TPSA) is 136 Å². The van der Waals surface area contributed by atoms with Crippen LogP contribution in [0.5, 0.6) is 5.88 Å². The van der Waals surface area contributed by atoms with E-state index in [1.807, 2.05) is 6.07 Å². The highest BCUT2D eigenvalue weighted by Crippen LogP contribution is 2.44. The van der Waals surface area contributed by atoms with Crippen LogP contribution in [0, 0.1) is 18.7 Å². The van der Waals surface area contributed by atoms with Crippen LogP contribution in [0.2, 0.25) is 5.02 Å². The van der Waals surface area contributed by atoms with E-state index in [0.717, 1.165) is 64.8 Å². The number of rotatable bonds is 10. The fourth-order valence-corrected chi connectivity index (χ4v) is 7.79. The van der Waals surface area contributed by atoms with Crippen LogP contribution < -0.4 is 31.9 Å². The molecule has 3 atom stereocenters. The number of carbonyl (C=O) groups excluding carboxylic acids is 2. The van der Waals surface area contributed by atoms with Crippen LogP contribution >= 0.6 is 11.6 Å². The molecule has 3 N–H and O–H groups in total. The molecule has 11 nitrogen and oxygen atoms in total. The van der Waals surface area contributed by atoms with E-state index >= 15 is 4.39 Å². The van der Waals surface area contributed by atoms with Crippen molar-refractivity contribution in [2.24, 2.45) is 20.0 Å². The Morgan fingerprint density at radius 3 is 2.58 bits per heavy atom. The number of nitrogens with one attached hydrogen (secondary N) is 3. The van der Waals surface area contributed by atoms with Gasteiger partial charge in [-0.1, -0.05) is 57.8 Å². The molecule has 0 radical (unpaired) electrons. The zero-order chi connectivity index (χ0) is 40.2. The Labute approximate surface area is 326 Å². The lowest BCUT2D eigenvalue weighted by molar-refractivity contribution is 0.102. The van der Waals surface area contributed by atoms with Crippen molar-refractivity contribution in [3.63, 3.8) is 0 Å². The monoisotopic (exact) mass is 774 g/mol. The van der Waals surface area contributed by atoms with Gasteiger partial charge in [0, 0.05) is 54.8 Å². The largest absolute Gasteiger partial charge is 0.481 e. The highest BCUT2D eigenvalue weighted by Gasteiger charge is 2.33. The fraction of sp³-hybridized carbons (Fsp3) is 0.452. The molecule has 55 heavy (non-hydrogen) atoms. The molecule has 3 unspecified atom stereocenters. The summed E-state index contributed by atoms with van der Waals surface area (Å²) in [6.07, 6.45) is 8.75. The lowest BCUT2D eigenvalue weighted by Crippen LogP contribution is -2.58. The first-order chi connectivity index (χ1) is 26.1. The van der Waals surface area contributed by atoms with E-state index < -0.39 is 23.0 Å². The predicted molar refractivity (Wildman–Crippen MR) is 216 cm³/mol. The van der Waals surface area contributed by atoms with Crippen LogP contribution in [0.4, 0.5) is 14.9 Å². The third-order valence-corrected chi connectivity index (χ3v) is 11.7. The lowest BCUT2D eigenvalue weighted by atomic mass is 9.83. The molecule has 0 spiro atoms. The Kier molecular flexibility index (Phi) is 12.9. The number of urea groups is 1. The third kappa shape index (κ3) is 8.64. The minimum atomic E-state index is -0.720. The molecule has 294 valence electrons. The smallest absolute Gasteiger partial charge is 0.330 e. The number of aromatic nitrogens is 3. The van der Waals surface area contributed by atoms with Gasteiger partial charge in [-0.15, -0.1) is 0 Å². The van der Waals surface area contributed by atoms with E-state index in [0.29, 0.717) is 39.9 Å². The normalized spacial score (nSPS) is 18.0. The van der Waals surface area contributed by atoms with Gasteiger partial charge < -0.3 is 25.3 Å². The second-order valence-corrected chi connectivity index (χ2v) is 15.2. The maximum atomic E-state index is 15.4. The van der Waals surface area contributed by atoms with E-state index in [-0.39, 0.29) is 27.7 Å². The molecule has 0 bridgehead atoms. The van der Waals surface area contributed by atoms with Crippen molar-refractivity contribution in [3.8, 4) is 28.3 Å². The number of methoxy groups -OCH3 is 1. The summed E-state index contributed by atoms with van der Waals surface area (Å²) in [7, 11) is 4.34. The number of amides is 3. The molecule has 2 aromatic heterocycles. The molecule has 1 fully saturated rings. The van der Waals surface area contributed by atoms with Crippen LogP contribution in [0.1, 0.15) is 99.2 Å². The first kappa shape index (κ1) is 41.2. The molecule has 3 heterocycles. The number of hydrogen-bond donors (Lipinski definition) is 3. The highest BCUT2D eigenvalue weighted by atomic mass is 35.5. The Morgan fingerprint density at radius 2 is 1.91 bits per heavy atom. The van der Waals surface area contributed by atoms with Crippen molar-refractivity contribution in [2.45, 2.75) is 91.0 Å². The van der Waals surface area contributed by atoms with Crippen LogP contribution in [0.15, 0.2) is 52.2 Å². The highest BCUT2D eigenvalue weighted by molar-refractivity contribution is 6.36. The van der Waals surface area contributed by atoms with E-state index in [2.05, 4.69) is 43.6 Å². The number of anilines is 1. The van der Waals surface area contributed by atoms with E-state index in [9.17, 15) is 19.2 Å². The molecule has 4 aromatic rings. The molecule has 6 rings (SSSR count). The Morgan fingerprint density at radius 1 is 1.16 bits per heavy atom. The number of halogens is 2. The first-order valence-corrected chi connectivity index (χ1v) is 19.3. The fourth-order valence-electron chi connectivity index (χ4n) is 7.44. The molecular weight excluding hydrogens is 723 g/mol. The van der Waals surface area contributed by atoms with Gasteiger partial charge in [-0.05, 0) is 98.2 Å². The van der Waals surface area contributed by atoms with Gasteiger partial charge in [-0.3, -0.25) is 14.2 Å². The summed E-state index contributed by atoms with van der Waals surface area (Å²) in [5.74, 6) is 0.423. The number of benzene rings is 2. The minimum Gasteiger partial charge on any atom is -0.481 e. The molecule has 1 saturated heterocycles. The van der Waals surface area contributed by atoms with E-state index in [1.54, 1.807) is 38.3 Å². The van der Waals surface area contributed by atoms with Gasteiger partial charge in [-0.25, -0.2) is 19.0 Å². The summed E-state index contributed by atoms with van der Waals surface area (Å²) < 4.78 is 23.0. The SMILES string of the molecule is CCC(C)CCC1(CC)CCNC(=O)N1.COc1nc(-c2ccc(F)c(-c3cccc(NC(=O)c4cn(C)c(=O)n(C)c4=O)c3C)c2Cl)cc2c1C(C)CC2. The molecule has 13 heteroatoms. The summed E-state index contributed by atoms with van der Waals surface area (Å²) in [5.41, 5.74) is 3.52. The van der Waals surface area contributed by atoms with Gasteiger partial charge in [0.1, 0.15) is 11.4 Å². The standard InChI is InChI=1S/C30H28ClFN4O4.C12H24N2O/c1-15-9-10-17-13-23(34-28(40-5)24(15)17)19-11-12-21(32)25(26(19)31)18-7-6-8-22(16(18)2)33-27(37)20-14-35(3)30(39)36(4)29(20)38;1-4-10(3)6-7-12(5-2)8-9-13-11(15)14-12/h6-8,11-15H,9-10H2,1-5H3,(H,33,37);10H,4-9H2,1-3H3,(H2,13,14,15). The molecule has 1 aliphatic carbocycles. The number of pyridine rings is 1. The second-order valence-electron chi connectivity index (χ2n) is 14.9. The summed E-state index contributed by atoms with van der Waals surface area (Å²) in [6.45, 7) is 11.4. The third-order valence-electron chi connectivity index (χ3n) is 11.3. The summed E-state index contributed by atoms with van der Waals surface area (Å²) in [5, 5.41) is 8.83. The van der Waals surface area contributed by atoms with Crippen molar-refractivity contribution in [3.05, 3.63) is 96.5 Å². The van der Waals surface area contributed by atoms with Crippen molar-refractivity contribution in [1.82, 2.24) is 24.8 Å². The average Bonchev–Trinajstić information content (AvgIpc) is 3.55. The number of nitrogens with zero attached hydrogens (tertiary/aromatic N) is 3. The van der Waals surface area contributed by atoms with Crippen molar-refractivity contribution in [1.29, 1.82) is 0 Å². The van der Waals surface area contributed by atoms with Crippen LogP contribution in [0.25, 0.3) is 22.4 Å². The van der Waals surface area contributed by atoms with E-state index in [4.69, 9.17) is 21.3 Å². The number of hydrogen-bond acceptors (Lipinski definition) is 6. The molecule has 2 aliphatic rings. The first-order valence-electron chi connectivity index (χ1n) is 18.9. The number of ether oxygens (including phenoxy) is 1. The van der Waals surface area contributed by atoms with Gasteiger partial charge in [-0.2, -0.15) is 0 Å². The lowest BCUT2D eigenvalue weighted by Gasteiger charge is -2.38. The summed E-state index contributed by atoms with van der Waals surface area (Å²) >= 11 is 6.87. The molecule has 0 saturated carbocycles. The van der Waals surface area contributed by atoms with Crippen molar-refractivity contribution in [2.75, 3.05) is 19.0 Å². The zero-order valence-corrected chi connectivity index (χ0v) is 33.7. The van der Waals surface area contributed by atoms with Gasteiger partial charge in [0.05, 0.1) is 17.8 Å². The van der Waals surface area contributed by atoms with Gasteiger partial charge in [0.25, 0.3) is 11.5 Å². The van der Waals surface area contributed by atoms with Gasteiger partial charge in [0.2, 0.25) is 5.88 Å². The van der Waals surface area contributed by atoms with Crippen molar-refractivity contribution >= 4 is 29.2 Å². The van der Waals surface area contributed by atoms with Crippen LogP contribution in [-0.2, 0) is 20.5 Å².